The van der Waals surface area contributed by atoms with Gasteiger partial charge < -0.3 is 15.4 Å². The van der Waals surface area contributed by atoms with Crippen molar-refractivity contribution < 1.29 is 9.53 Å². The first kappa shape index (κ1) is 31.2. The number of alkyl halides is 3. The van der Waals surface area contributed by atoms with Gasteiger partial charge in [0.1, 0.15) is 11.9 Å². The highest BCUT2D eigenvalue weighted by Gasteiger charge is 2.34. The number of hydrogen-bond donors (Lipinski definition) is 2. The van der Waals surface area contributed by atoms with Crippen LogP contribution in [0, 0.1) is 0 Å². The smallest absolute Gasteiger partial charge is 0.228 e. The Kier molecular flexibility index (Phi) is 17.8. The number of anilines is 1. The quantitative estimate of drug-likeness (QED) is 0.0993. The van der Waals surface area contributed by atoms with Gasteiger partial charge in [-0.15, -0.1) is 0 Å². The van der Waals surface area contributed by atoms with Gasteiger partial charge in [0.15, 0.2) is 0 Å². The number of amides is 1. The summed E-state index contributed by atoms with van der Waals surface area (Å²) >= 11 is 18.3. The van der Waals surface area contributed by atoms with Gasteiger partial charge in [-0.25, -0.2) is 0 Å². The van der Waals surface area contributed by atoms with E-state index in [-0.39, 0.29) is 5.91 Å². The van der Waals surface area contributed by atoms with Crippen molar-refractivity contribution >= 4 is 46.4 Å². The SMILES string of the molecule is CCCCCCCCCCCCCCCCCC(=O)N[C@H](Nc1ccccc1OC)C(Cl)(Cl)Cl. The van der Waals surface area contributed by atoms with Crippen LogP contribution in [0.2, 0.25) is 0 Å². The van der Waals surface area contributed by atoms with Gasteiger partial charge >= 0.3 is 0 Å². The van der Waals surface area contributed by atoms with Crippen LogP contribution in [0.25, 0.3) is 0 Å². The number of carbonyl (C=O) groups is 1. The van der Waals surface area contributed by atoms with Crippen molar-refractivity contribution in [1.29, 1.82) is 0 Å². The molecule has 0 radical (unpaired) electrons. The number of nitrogens with one attached hydrogen (secondary N) is 2. The molecule has 1 aromatic rings. The van der Waals surface area contributed by atoms with Crippen molar-refractivity contribution in [3.8, 4) is 5.75 Å². The van der Waals surface area contributed by atoms with E-state index in [1.54, 1.807) is 13.2 Å². The molecule has 2 N–H and O–H groups in total. The van der Waals surface area contributed by atoms with E-state index in [0.29, 0.717) is 17.9 Å². The van der Waals surface area contributed by atoms with Gasteiger partial charge in [0.05, 0.1) is 12.8 Å². The number of carbonyl (C=O) groups excluding carboxylic acids is 1. The van der Waals surface area contributed by atoms with Gasteiger partial charge in [0.2, 0.25) is 9.70 Å². The Labute approximate surface area is 222 Å². The molecule has 0 aromatic heterocycles. The van der Waals surface area contributed by atoms with Gasteiger partial charge in [-0.05, 0) is 18.6 Å². The van der Waals surface area contributed by atoms with Crippen molar-refractivity contribution in [3.05, 3.63) is 24.3 Å². The second-order valence-electron chi connectivity index (χ2n) is 9.09. The van der Waals surface area contributed by atoms with E-state index < -0.39 is 9.96 Å². The first-order valence-corrected chi connectivity index (χ1v) is 14.3. The predicted molar refractivity (Wildman–Crippen MR) is 148 cm³/mol. The minimum absolute atomic E-state index is 0.131. The maximum absolute atomic E-state index is 12.4. The largest absolute Gasteiger partial charge is 0.495 e. The predicted octanol–water partition coefficient (Wildman–Crippen LogP) is 9.18. The van der Waals surface area contributed by atoms with E-state index >= 15 is 0 Å². The Hall–Kier alpha value is -0.840. The summed E-state index contributed by atoms with van der Waals surface area (Å²) in [6, 6.07) is 7.30. The maximum Gasteiger partial charge on any atom is 0.228 e. The summed E-state index contributed by atoms with van der Waals surface area (Å²) in [5, 5.41) is 5.88. The lowest BCUT2D eigenvalue weighted by Gasteiger charge is -2.28. The van der Waals surface area contributed by atoms with Crippen LogP contribution in [0.3, 0.4) is 0 Å². The van der Waals surface area contributed by atoms with E-state index in [9.17, 15) is 4.79 Å². The van der Waals surface area contributed by atoms with Crippen LogP contribution < -0.4 is 15.4 Å². The zero-order valence-electron chi connectivity index (χ0n) is 21.2. The fraction of sp³-hybridized carbons (Fsp3) is 0.741. The second-order valence-corrected chi connectivity index (χ2v) is 11.5. The van der Waals surface area contributed by atoms with Crippen molar-refractivity contribution in [1.82, 2.24) is 5.32 Å². The lowest BCUT2D eigenvalue weighted by atomic mass is 10.0. The van der Waals surface area contributed by atoms with Crippen LogP contribution in [0.5, 0.6) is 5.75 Å². The molecule has 4 nitrogen and oxygen atoms in total. The van der Waals surface area contributed by atoms with Crippen LogP contribution in [-0.4, -0.2) is 23.0 Å². The summed E-state index contributed by atoms with van der Waals surface area (Å²) in [6.07, 6.45) is 18.9. The molecule has 34 heavy (non-hydrogen) atoms. The highest BCUT2D eigenvalue weighted by molar-refractivity contribution is 6.68. The molecule has 0 bridgehead atoms. The fourth-order valence-corrected chi connectivity index (χ4v) is 4.34. The molecule has 0 spiro atoms. The summed E-state index contributed by atoms with van der Waals surface area (Å²) in [5.74, 6) is 0.479. The third-order valence-corrected chi connectivity index (χ3v) is 6.70. The molecule has 0 saturated carbocycles. The molecule has 1 atom stereocenters. The summed E-state index contributed by atoms with van der Waals surface area (Å²) in [7, 11) is 1.57. The first-order valence-electron chi connectivity index (χ1n) is 13.1. The Bertz CT molecular complexity index is 653. The molecular weight excluding hydrogens is 491 g/mol. The van der Waals surface area contributed by atoms with E-state index in [0.717, 1.165) is 19.3 Å². The van der Waals surface area contributed by atoms with Gasteiger partial charge in [-0.3, -0.25) is 4.79 Å². The van der Waals surface area contributed by atoms with E-state index in [4.69, 9.17) is 39.5 Å². The molecule has 0 aliphatic carbocycles. The molecule has 0 saturated heterocycles. The monoisotopic (exact) mass is 534 g/mol. The number of unbranched alkanes of at least 4 members (excludes halogenated alkanes) is 14. The molecule has 7 heteroatoms. The van der Waals surface area contributed by atoms with Crippen LogP contribution in [0.4, 0.5) is 5.69 Å². The van der Waals surface area contributed by atoms with Crippen LogP contribution in [-0.2, 0) is 4.79 Å². The number of ether oxygens (including phenoxy) is 1. The molecule has 1 amide bonds. The van der Waals surface area contributed by atoms with Gasteiger partial charge in [0, 0.05) is 6.42 Å². The number of methoxy groups -OCH3 is 1. The average Bonchev–Trinajstić information content (AvgIpc) is 2.81. The van der Waals surface area contributed by atoms with Crippen molar-refractivity contribution in [2.24, 2.45) is 0 Å². The standard InChI is InChI=1S/C27H45Cl3N2O2/c1-3-4-5-6-7-8-9-10-11-12-13-14-15-16-17-22-25(33)32-26(27(28,29)30)31-23-20-18-19-21-24(23)34-2/h18-21,26,31H,3-17,22H2,1-2H3,(H,32,33)/t26-/m0/s1. The molecular formula is C27H45Cl3N2O2. The third-order valence-electron chi connectivity index (χ3n) is 6.05. The lowest BCUT2D eigenvalue weighted by molar-refractivity contribution is -0.121. The highest BCUT2D eigenvalue weighted by atomic mass is 35.6. The zero-order chi connectivity index (χ0) is 25.1. The topological polar surface area (TPSA) is 50.4 Å². The minimum Gasteiger partial charge on any atom is -0.495 e. The molecule has 1 rings (SSSR count). The summed E-state index contributed by atoms with van der Waals surface area (Å²) < 4.78 is 3.62. The molecule has 0 aliphatic heterocycles. The normalized spacial score (nSPS) is 12.4. The number of halogens is 3. The average molecular weight is 536 g/mol. The van der Waals surface area contributed by atoms with E-state index in [2.05, 4.69) is 17.6 Å². The van der Waals surface area contributed by atoms with E-state index in [1.165, 1.54) is 77.0 Å². The Morgan fingerprint density at radius 3 is 1.76 bits per heavy atom. The summed E-state index contributed by atoms with van der Waals surface area (Å²) in [6.45, 7) is 2.27. The maximum atomic E-state index is 12.4. The molecule has 0 heterocycles. The minimum atomic E-state index is -1.70. The van der Waals surface area contributed by atoms with Crippen LogP contribution in [0.15, 0.2) is 24.3 Å². The highest BCUT2D eigenvalue weighted by Crippen LogP contribution is 2.33. The Morgan fingerprint density at radius 2 is 1.29 bits per heavy atom. The molecule has 0 fully saturated rings. The fourth-order valence-electron chi connectivity index (χ4n) is 4.01. The van der Waals surface area contributed by atoms with Gasteiger partial charge in [0.25, 0.3) is 0 Å². The molecule has 1 aromatic carbocycles. The molecule has 0 unspecified atom stereocenters. The van der Waals surface area contributed by atoms with Crippen LogP contribution in [0.1, 0.15) is 110 Å². The Balaban J connectivity index is 2.11. The van der Waals surface area contributed by atoms with Crippen LogP contribution >= 0.6 is 34.8 Å². The zero-order valence-corrected chi connectivity index (χ0v) is 23.4. The van der Waals surface area contributed by atoms with Crippen molar-refractivity contribution in [2.45, 2.75) is 120 Å². The number of benzene rings is 1. The van der Waals surface area contributed by atoms with Gasteiger partial charge in [-0.2, -0.15) is 0 Å². The van der Waals surface area contributed by atoms with Crippen molar-refractivity contribution in [2.75, 3.05) is 12.4 Å². The van der Waals surface area contributed by atoms with Gasteiger partial charge in [-0.1, -0.05) is 144 Å². The first-order chi connectivity index (χ1) is 16.4. The number of para-hydroxylation sites is 2. The summed E-state index contributed by atoms with van der Waals surface area (Å²) in [4.78, 5) is 12.4. The third kappa shape index (κ3) is 15.2. The summed E-state index contributed by atoms with van der Waals surface area (Å²) in [5.41, 5.74) is 0.647. The van der Waals surface area contributed by atoms with Crippen molar-refractivity contribution in [3.63, 3.8) is 0 Å². The molecule has 196 valence electrons. The van der Waals surface area contributed by atoms with E-state index in [1.807, 2.05) is 18.2 Å². The number of rotatable bonds is 20. The second kappa shape index (κ2) is 19.4. The Morgan fingerprint density at radius 1 is 0.824 bits per heavy atom. The molecule has 0 aliphatic rings. The number of hydrogen-bond acceptors (Lipinski definition) is 3. The lowest BCUT2D eigenvalue weighted by Crippen LogP contribution is -2.49.